The molecule has 0 saturated carbocycles. The molecule has 1 aliphatic heterocycles. The molecule has 4 rings (SSSR count). The van der Waals surface area contributed by atoms with E-state index in [-0.39, 0.29) is 11.8 Å². The van der Waals surface area contributed by atoms with E-state index in [1.807, 2.05) is 0 Å². The highest BCUT2D eigenvalue weighted by Crippen LogP contribution is 2.37. The van der Waals surface area contributed by atoms with Crippen LogP contribution in [0.3, 0.4) is 0 Å². The smallest absolute Gasteiger partial charge is 0.243 e. The van der Waals surface area contributed by atoms with E-state index in [1.165, 1.54) is 32.8 Å². The highest BCUT2D eigenvalue weighted by atomic mass is 32.2. The molecule has 0 radical (unpaired) electrons. The number of likely N-dealkylation sites (tertiary alicyclic amines) is 1. The largest absolute Gasteiger partial charge is 0.494 e. The van der Waals surface area contributed by atoms with Gasteiger partial charge in [-0.1, -0.05) is 12.1 Å². The van der Waals surface area contributed by atoms with Crippen LogP contribution in [0.1, 0.15) is 19.8 Å². The second kappa shape index (κ2) is 10.7. The van der Waals surface area contributed by atoms with E-state index < -0.39 is 21.5 Å². The van der Waals surface area contributed by atoms with Gasteiger partial charge >= 0.3 is 0 Å². The number of rotatable bonds is 10. The van der Waals surface area contributed by atoms with Gasteiger partial charge in [-0.2, -0.15) is 0 Å². The van der Waals surface area contributed by atoms with Crippen LogP contribution in [0.4, 0.5) is 5.95 Å². The molecule has 12 nitrogen and oxygen atoms in total. The van der Waals surface area contributed by atoms with Gasteiger partial charge in [0.25, 0.3) is 0 Å². The molecule has 194 valence electrons. The van der Waals surface area contributed by atoms with Crippen molar-refractivity contribution in [3.05, 3.63) is 36.4 Å². The molecule has 1 aromatic carbocycles. The Hall–Kier alpha value is -3.42. The summed E-state index contributed by atoms with van der Waals surface area (Å²) in [5.74, 6) is 1.24. The van der Waals surface area contributed by atoms with Gasteiger partial charge in [0.05, 0.1) is 21.3 Å². The molecule has 3 heterocycles. The summed E-state index contributed by atoms with van der Waals surface area (Å²) in [6.07, 6.45) is 0.660. The van der Waals surface area contributed by atoms with Crippen LogP contribution in [0.5, 0.6) is 17.4 Å². The molecule has 36 heavy (non-hydrogen) atoms. The minimum atomic E-state index is -4.09. The minimum Gasteiger partial charge on any atom is -0.494 e. The van der Waals surface area contributed by atoms with Gasteiger partial charge in [-0.3, -0.25) is 14.2 Å². The number of hydrogen-bond acceptors (Lipinski definition) is 10. The summed E-state index contributed by atoms with van der Waals surface area (Å²) >= 11 is 0. The fourth-order valence-electron chi connectivity index (χ4n) is 4.12. The summed E-state index contributed by atoms with van der Waals surface area (Å²) in [6, 6.07) is 10.3. The Morgan fingerprint density at radius 1 is 0.972 bits per heavy atom. The molecular weight excluding hydrogens is 488 g/mol. The Labute approximate surface area is 209 Å². The van der Waals surface area contributed by atoms with Crippen LogP contribution < -0.4 is 18.9 Å². The van der Waals surface area contributed by atoms with E-state index in [2.05, 4.69) is 19.9 Å². The zero-order valence-corrected chi connectivity index (χ0v) is 21.4. The number of aromatic nitrogens is 4. The molecule has 13 heteroatoms. The quantitative estimate of drug-likeness (QED) is 0.409. The number of hydrogen-bond donors (Lipinski definition) is 2. The lowest BCUT2D eigenvalue weighted by Crippen LogP contribution is -2.46. The molecule has 0 spiro atoms. The van der Waals surface area contributed by atoms with E-state index in [0.29, 0.717) is 41.8 Å². The normalized spacial score (nSPS) is 15.9. The number of pyridine rings is 1. The molecule has 2 N–H and O–H groups in total. The Kier molecular flexibility index (Phi) is 7.62. The van der Waals surface area contributed by atoms with Crippen molar-refractivity contribution in [2.45, 2.75) is 31.2 Å². The lowest BCUT2D eigenvalue weighted by molar-refractivity contribution is 0.0208. The number of benzene rings is 1. The standard InChI is InChI=1S/C23H30N6O6S/c1-15(22(30)28-13-5-6-14-28)36(31,32)27-23-26-25-21(16-9-7-12-19(24-16)35-4)29(23)20-17(33-2)10-8-11-18(20)34-3/h7-12,15,22,30H,5-6,13-14H2,1-4H3,(H,26,27)/t15-,22-/m0/s1. The third kappa shape index (κ3) is 4.94. The Bertz CT molecular complexity index is 1290. The lowest BCUT2D eigenvalue weighted by Gasteiger charge is -2.27. The first-order valence-electron chi connectivity index (χ1n) is 11.4. The third-order valence-electron chi connectivity index (χ3n) is 6.11. The van der Waals surface area contributed by atoms with E-state index in [1.54, 1.807) is 41.3 Å². The number of para-hydroxylation sites is 1. The van der Waals surface area contributed by atoms with Crippen LogP contribution in [-0.4, -0.2) is 84.1 Å². The summed E-state index contributed by atoms with van der Waals surface area (Å²) in [4.78, 5) is 6.19. The van der Waals surface area contributed by atoms with Gasteiger partial charge in [0.15, 0.2) is 5.82 Å². The summed E-state index contributed by atoms with van der Waals surface area (Å²) in [5.41, 5.74) is 0.753. The lowest BCUT2D eigenvalue weighted by atomic mass is 10.2. The molecule has 0 aliphatic carbocycles. The predicted octanol–water partition coefficient (Wildman–Crippen LogP) is 1.90. The summed E-state index contributed by atoms with van der Waals surface area (Å²) < 4.78 is 47.1. The first-order chi connectivity index (χ1) is 17.3. The van der Waals surface area contributed by atoms with Gasteiger partial charge in [-0.25, -0.2) is 13.4 Å². The Morgan fingerprint density at radius 2 is 1.61 bits per heavy atom. The van der Waals surface area contributed by atoms with Crippen molar-refractivity contribution >= 4 is 16.0 Å². The van der Waals surface area contributed by atoms with Crippen molar-refractivity contribution < 1.29 is 27.7 Å². The fourth-order valence-corrected chi connectivity index (χ4v) is 5.18. The number of aliphatic hydroxyl groups is 1. The molecule has 0 unspecified atom stereocenters. The van der Waals surface area contributed by atoms with Crippen LogP contribution in [0.15, 0.2) is 36.4 Å². The maximum absolute atomic E-state index is 13.4. The van der Waals surface area contributed by atoms with Crippen molar-refractivity contribution in [1.29, 1.82) is 0 Å². The van der Waals surface area contributed by atoms with Crippen LogP contribution >= 0.6 is 0 Å². The highest BCUT2D eigenvalue weighted by molar-refractivity contribution is 7.93. The van der Waals surface area contributed by atoms with Gasteiger partial charge in [0, 0.05) is 19.2 Å². The second-order valence-corrected chi connectivity index (χ2v) is 10.3. The first-order valence-corrected chi connectivity index (χ1v) is 13.0. The Morgan fingerprint density at radius 3 is 2.22 bits per heavy atom. The molecule has 0 bridgehead atoms. The molecule has 1 fully saturated rings. The summed E-state index contributed by atoms with van der Waals surface area (Å²) in [5, 5.41) is 18.0. The maximum Gasteiger partial charge on any atom is 0.243 e. The van der Waals surface area contributed by atoms with E-state index in [4.69, 9.17) is 14.2 Å². The van der Waals surface area contributed by atoms with Crippen molar-refractivity contribution in [1.82, 2.24) is 24.6 Å². The zero-order valence-electron chi connectivity index (χ0n) is 20.6. The van der Waals surface area contributed by atoms with Crippen molar-refractivity contribution in [2.75, 3.05) is 39.1 Å². The molecular formula is C23H30N6O6S. The monoisotopic (exact) mass is 518 g/mol. The van der Waals surface area contributed by atoms with Crippen LogP contribution in [-0.2, 0) is 10.0 Å². The average molecular weight is 519 g/mol. The number of anilines is 1. The van der Waals surface area contributed by atoms with Crippen molar-refractivity contribution in [3.8, 4) is 34.6 Å². The van der Waals surface area contributed by atoms with E-state index in [0.717, 1.165) is 12.8 Å². The van der Waals surface area contributed by atoms with Crippen molar-refractivity contribution in [3.63, 3.8) is 0 Å². The Balaban J connectivity index is 1.84. The molecule has 2 aromatic heterocycles. The first kappa shape index (κ1) is 25.7. The number of aliphatic hydroxyl groups excluding tert-OH is 1. The second-order valence-electron chi connectivity index (χ2n) is 8.27. The number of nitrogens with one attached hydrogen (secondary N) is 1. The van der Waals surface area contributed by atoms with Crippen LogP contribution in [0, 0.1) is 0 Å². The van der Waals surface area contributed by atoms with Crippen LogP contribution in [0.2, 0.25) is 0 Å². The maximum atomic E-state index is 13.4. The number of methoxy groups -OCH3 is 3. The summed E-state index contributed by atoms with van der Waals surface area (Å²) in [6.45, 7) is 2.74. The SMILES string of the molecule is COc1cccc(-c2nnc(NS(=O)(=O)[C@@H](C)[C@H](O)N3CCCC3)n2-c2c(OC)cccc2OC)n1. The molecule has 2 atom stereocenters. The highest BCUT2D eigenvalue weighted by Gasteiger charge is 2.35. The van der Waals surface area contributed by atoms with Gasteiger partial charge < -0.3 is 19.3 Å². The molecule has 1 saturated heterocycles. The van der Waals surface area contributed by atoms with Gasteiger partial charge in [0.1, 0.15) is 34.4 Å². The molecule has 0 amide bonds. The predicted molar refractivity (Wildman–Crippen MR) is 133 cm³/mol. The number of ether oxygens (including phenoxy) is 3. The van der Waals surface area contributed by atoms with Gasteiger partial charge in [-0.05, 0) is 38.0 Å². The topological polar surface area (TPSA) is 141 Å². The van der Waals surface area contributed by atoms with E-state index in [9.17, 15) is 13.5 Å². The van der Waals surface area contributed by atoms with Gasteiger partial charge in [0.2, 0.25) is 21.9 Å². The zero-order chi connectivity index (χ0) is 25.9. The summed E-state index contributed by atoms with van der Waals surface area (Å²) in [7, 11) is 0.381. The van der Waals surface area contributed by atoms with E-state index >= 15 is 0 Å². The molecule has 3 aromatic rings. The third-order valence-corrected chi connectivity index (χ3v) is 7.80. The van der Waals surface area contributed by atoms with Gasteiger partial charge in [-0.15, -0.1) is 10.2 Å². The van der Waals surface area contributed by atoms with Crippen LogP contribution in [0.25, 0.3) is 17.2 Å². The number of nitrogens with zero attached hydrogens (tertiary/aromatic N) is 5. The average Bonchev–Trinajstić information content (AvgIpc) is 3.57. The minimum absolute atomic E-state index is 0.113. The molecule has 1 aliphatic rings. The number of sulfonamides is 1. The van der Waals surface area contributed by atoms with Crippen molar-refractivity contribution in [2.24, 2.45) is 0 Å². The fraction of sp³-hybridized carbons (Fsp3) is 0.435.